The molecule has 1 fully saturated rings. The Hall–Kier alpha value is -1.96. The SMILES string of the molecule is O=C(O)C1CCN(C(=O)c2cncc(Br)c2)CC1C(=O)O. The van der Waals surface area contributed by atoms with Gasteiger partial charge in [-0.1, -0.05) is 0 Å². The Morgan fingerprint density at radius 2 is 1.86 bits per heavy atom. The van der Waals surface area contributed by atoms with E-state index in [1.165, 1.54) is 17.3 Å². The molecule has 2 heterocycles. The van der Waals surface area contributed by atoms with Gasteiger partial charge in [0.15, 0.2) is 0 Å². The Bertz CT molecular complexity index is 592. The number of hydrogen-bond acceptors (Lipinski definition) is 4. The van der Waals surface area contributed by atoms with E-state index in [0.717, 1.165) is 0 Å². The number of piperidine rings is 1. The Labute approximate surface area is 128 Å². The van der Waals surface area contributed by atoms with E-state index in [2.05, 4.69) is 20.9 Å². The predicted octanol–water partition coefficient (Wildman–Crippen LogP) is 1.09. The lowest BCUT2D eigenvalue weighted by Crippen LogP contribution is -2.48. The van der Waals surface area contributed by atoms with Gasteiger partial charge in [-0.2, -0.15) is 0 Å². The zero-order valence-electron chi connectivity index (χ0n) is 10.9. The summed E-state index contributed by atoms with van der Waals surface area (Å²) in [6, 6.07) is 1.59. The van der Waals surface area contributed by atoms with Crippen LogP contribution in [0.25, 0.3) is 0 Å². The number of likely N-dealkylation sites (tertiary alicyclic amines) is 1. The molecule has 2 rings (SSSR count). The number of carbonyl (C=O) groups is 3. The molecule has 1 amide bonds. The second-order valence-corrected chi connectivity index (χ2v) is 5.74. The number of halogens is 1. The van der Waals surface area contributed by atoms with E-state index >= 15 is 0 Å². The van der Waals surface area contributed by atoms with Gasteiger partial charge in [0.1, 0.15) is 0 Å². The average molecular weight is 357 g/mol. The molecule has 1 aliphatic heterocycles. The number of carbonyl (C=O) groups excluding carboxylic acids is 1. The Morgan fingerprint density at radius 3 is 2.43 bits per heavy atom. The van der Waals surface area contributed by atoms with Crippen molar-refractivity contribution in [1.29, 1.82) is 0 Å². The van der Waals surface area contributed by atoms with Crippen LogP contribution in [-0.2, 0) is 9.59 Å². The molecule has 0 bridgehead atoms. The number of nitrogens with zero attached hydrogens (tertiary/aromatic N) is 2. The maximum atomic E-state index is 12.3. The number of hydrogen-bond donors (Lipinski definition) is 2. The van der Waals surface area contributed by atoms with Crippen LogP contribution in [0.5, 0.6) is 0 Å². The molecule has 0 aliphatic carbocycles. The summed E-state index contributed by atoms with van der Waals surface area (Å²) in [5, 5.41) is 18.2. The van der Waals surface area contributed by atoms with Crippen molar-refractivity contribution in [2.24, 2.45) is 11.8 Å². The number of carboxylic acids is 2. The van der Waals surface area contributed by atoms with Crippen LogP contribution in [0.3, 0.4) is 0 Å². The maximum Gasteiger partial charge on any atom is 0.309 e. The Balaban J connectivity index is 2.17. The molecule has 0 radical (unpaired) electrons. The summed E-state index contributed by atoms with van der Waals surface area (Å²) in [5.74, 6) is -4.75. The lowest BCUT2D eigenvalue weighted by Gasteiger charge is -2.34. The molecule has 0 saturated carbocycles. The summed E-state index contributed by atoms with van der Waals surface area (Å²) in [4.78, 5) is 39.9. The van der Waals surface area contributed by atoms with Crippen molar-refractivity contribution in [3.05, 3.63) is 28.5 Å². The van der Waals surface area contributed by atoms with Crippen LogP contribution in [0, 0.1) is 11.8 Å². The van der Waals surface area contributed by atoms with Crippen LogP contribution in [0.15, 0.2) is 22.9 Å². The highest BCUT2D eigenvalue weighted by Crippen LogP contribution is 2.25. The molecule has 2 N–H and O–H groups in total. The Kier molecular flexibility index (Phi) is 4.56. The minimum Gasteiger partial charge on any atom is -0.481 e. The third-order valence-electron chi connectivity index (χ3n) is 3.49. The van der Waals surface area contributed by atoms with Gasteiger partial charge in [0, 0.05) is 30.0 Å². The number of aliphatic carboxylic acids is 2. The second kappa shape index (κ2) is 6.21. The molecule has 1 saturated heterocycles. The van der Waals surface area contributed by atoms with E-state index in [4.69, 9.17) is 10.2 Å². The fourth-order valence-corrected chi connectivity index (χ4v) is 2.76. The van der Waals surface area contributed by atoms with Crippen LogP contribution in [0.4, 0.5) is 0 Å². The van der Waals surface area contributed by atoms with Crippen LogP contribution in [0.1, 0.15) is 16.8 Å². The van der Waals surface area contributed by atoms with Crippen LogP contribution >= 0.6 is 15.9 Å². The summed E-state index contributed by atoms with van der Waals surface area (Å²) in [6.07, 6.45) is 3.05. The van der Waals surface area contributed by atoms with Crippen molar-refractivity contribution in [2.45, 2.75) is 6.42 Å². The molecule has 2 unspecified atom stereocenters. The number of carboxylic acid groups (broad SMARTS) is 2. The van der Waals surface area contributed by atoms with Gasteiger partial charge in [0.05, 0.1) is 17.4 Å². The molecule has 21 heavy (non-hydrogen) atoms. The maximum absolute atomic E-state index is 12.3. The average Bonchev–Trinajstić information content (AvgIpc) is 2.45. The zero-order valence-corrected chi connectivity index (χ0v) is 12.5. The van der Waals surface area contributed by atoms with Crippen molar-refractivity contribution in [2.75, 3.05) is 13.1 Å². The van der Waals surface area contributed by atoms with Crippen molar-refractivity contribution >= 4 is 33.8 Å². The van der Waals surface area contributed by atoms with E-state index in [1.807, 2.05) is 0 Å². The highest BCUT2D eigenvalue weighted by atomic mass is 79.9. The molecule has 0 aromatic carbocycles. The smallest absolute Gasteiger partial charge is 0.309 e. The van der Waals surface area contributed by atoms with Crippen molar-refractivity contribution in [3.8, 4) is 0 Å². The van der Waals surface area contributed by atoms with Gasteiger partial charge in [0.25, 0.3) is 5.91 Å². The minimum atomic E-state index is -1.20. The van der Waals surface area contributed by atoms with Crippen LogP contribution in [0.2, 0.25) is 0 Å². The molecule has 1 aromatic rings. The van der Waals surface area contributed by atoms with E-state index in [9.17, 15) is 14.4 Å². The van der Waals surface area contributed by atoms with Gasteiger partial charge >= 0.3 is 11.9 Å². The summed E-state index contributed by atoms with van der Waals surface area (Å²) in [6.45, 7) is 0.101. The van der Waals surface area contributed by atoms with E-state index in [-0.39, 0.29) is 25.4 Å². The number of pyridine rings is 1. The molecular weight excluding hydrogens is 344 g/mol. The predicted molar refractivity (Wildman–Crippen MR) is 74.7 cm³/mol. The summed E-state index contributed by atoms with van der Waals surface area (Å²) in [7, 11) is 0. The first kappa shape index (κ1) is 15.4. The fraction of sp³-hybridized carbons (Fsp3) is 0.385. The van der Waals surface area contributed by atoms with Crippen molar-refractivity contribution in [3.63, 3.8) is 0 Å². The Morgan fingerprint density at radius 1 is 1.19 bits per heavy atom. The summed E-state index contributed by atoms with van der Waals surface area (Å²) >= 11 is 3.21. The fourth-order valence-electron chi connectivity index (χ4n) is 2.39. The third-order valence-corrected chi connectivity index (χ3v) is 3.92. The van der Waals surface area contributed by atoms with Gasteiger partial charge in [-0.3, -0.25) is 19.4 Å². The molecule has 8 heteroatoms. The number of rotatable bonds is 3. The molecule has 7 nitrogen and oxygen atoms in total. The second-order valence-electron chi connectivity index (χ2n) is 4.82. The quantitative estimate of drug-likeness (QED) is 0.839. The van der Waals surface area contributed by atoms with Gasteiger partial charge in [0.2, 0.25) is 0 Å². The molecule has 2 atom stereocenters. The monoisotopic (exact) mass is 356 g/mol. The number of amides is 1. The van der Waals surface area contributed by atoms with E-state index in [0.29, 0.717) is 10.0 Å². The van der Waals surface area contributed by atoms with Gasteiger partial charge in [-0.25, -0.2) is 0 Å². The van der Waals surface area contributed by atoms with E-state index in [1.54, 1.807) is 6.07 Å². The molecular formula is C13H13BrN2O5. The van der Waals surface area contributed by atoms with Gasteiger partial charge in [-0.15, -0.1) is 0 Å². The lowest BCUT2D eigenvalue weighted by molar-refractivity contribution is -0.156. The molecule has 1 aliphatic rings. The van der Waals surface area contributed by atoms with Gasteiger partial charge < -0.3 is 15.1 Å². The lowest BCUT2D eigenvalue weighted by atomic mass is 9.85. The minimum absolute atomic E-state index is 0.113. The van der Waals surface area contributed by atoms with Crippen LogP contribution in [-0.4, -0.2) is 51.0 Å². The highest BCUT2D eigenvalue weighted by Gasteiger charge is 2.40. The van der Waals surface area contributed by atoms with E-state index < -0.39 is 23.8 Å². The third kappa shape index (κ3) is 3.38. The van der Waals surface area contributed by atoms with Crippen LogP contribution < -0.4 is 0 Å². The van der Waals surface area contributed by atoms with Crippen molar-refractivity contribution in [1.82, 2.24) is 9.88 Å². The molecule has 112 valence electrons. The largest absolute Gasteiger partial charge is 0.481 e. The van der Waals surface area contributed by atoms with Gasteiger partial charge in [-0.05, 0) is 28.4 Å². The summed E-state index contributed by atoms with van der Waals surface area (Å²) in [5.41, 5.74) is 0.335. The normalized spacial score (nSPS) is 21.9. The molecule has 1 aromatic heterocycles. The molecule has 0 spiro atoms. The standard InChI is InChI=1S/C13H13BrN2O5/c14-8-3-7(4-15-5-8)11(17)16-2-1-9(12(18)19)10(6-16)13(20)21/h3-5,9-10H,1-2,6H2,(H,18,19)(H,20,21). The van der Waals surface area contributed by atoms with Crippen molar-refractivity contribution < 1.29 is 24.6 Å². The first-order chi connectivity index (χ1) is 9.90. The first-order valence-corrected chi connectivity index (χ1v) is 7.05. The highest BCUT2D eigenvalue weighted by molar-refractivity contribution is 9.10. The topological polar surface area (TPSA) is 108 Å². The number of aromatic nitrogens is 1. The summed E-state index contributed by atoms with van der Waals surface area (Å²) < 4.78 is 0.642. The zero-order chi connectivity index (χ0) is 15.6. The first-order valence-electron chi connectivity index (χ1n) is 6.25.